The van der Waals surface area contributed by atoms with Crippen LogP contribution in [0.3, 0.4) is 0 Å². The van der Waals surface area contributed by atoms with E-state index in [1.807, 2.05) is 31.2 Å². The highest BCUT2D eigenvalue weighted by Crippen LogP contribution is 2.06. The zero-order chi connectivity index (χ0) is 12.1. The van der Waals surface area contributed by atoms with Crippen molar-refractivity contribution in [3.63, 3.8) is 0 Å². The lowest BCUT2D eigenvalue weighted by Crippen LogP contribution is -2.26. The van der Waals surface area contributed by atoms with Crippen molar-refractivity contribution in [1.82, 2.24) is 4.90 Å². The molecule has 86 valence electrons. The van der Waals surface area contributed by atoms with Crippen molar-refractivity contribution in [3.05, 3.63) is 35.4 Å². The zero-order valence-electron chi connectivity index (χ0n) is 9.99. The maximum atomic E-state index is 11.7. The molecule has 0 aliphatic rings. The molecule has 0 aliphatic carbocycles. The zero-order valence-corrected chi connectivity index (χ0v) is 9.99. The summed E-state index contributed by atoms with van der Waals surface area (Å²) in [6, 6.07) is 7.49. The van der Waals surface area contributed by atoms with Crippen molar-refractivity contribution in [1.29, 1.82) is 0 Å². The predicted molar refractivity (Wildman–Crippen MR) is 63.4 cm³/mol. The van der Waals surface area contributed by atoms with Gasteiger partial charge in [-0.25, -0.2) is 0 Å². The topological polar surface area (TPSA) is 37.4 Å². The normalized spacial score (nSPS) is 9.94. The Morgan fingerprint density at radius 1 is 1.19 bits per heavy atom. The highest BCUT2D eigenvalue weighted by atomic mass is 16.2. The SMILES string of the molecule is CC(=O)N(C)CCC(=O)c1ccc(C)cc1. The average molecular weight is 219 g/mol. The van der Waals surface area contributed by atoms with Crippen LogP contribution in [-0.4, -0.2) is 30.2 Å². The lowest BCUT2D eigenvalue weighted by molar-refractivity contribution is -0.127. The molecule has 0 radical (unpaired) electrons. The van der Waals surface area contributed by atoms with Gasteiger partial charge in [-0.1, -0.05) is 29.8 Å². The summed E-state index contributed by atoms with van der Waals surface area (Å²) < 4.78 is 0. The van der Waals surface area contributed by atoms with Crippen molar-refractivity contribution in [2.24, 2.45) is 0 Å². The molecule has 0 aromatic heterocycles. The van der Waals surface area contributed by atoms with E-state index in [0.29, 0.717) is 18.5 Å². The van der Waals surface area contributed by atoms with Crippen molar-refractivity contribution < 1.29 is 9.59 Å². The van der Waals surface area contributed by atoms with Crippen LogP contribution in [-0.2, 0) is 4.79 Å². The van der Waals surface area contributed by atoms with E-state index in [4.69, 9.17) is 0 Å². The van der Waals surface area contributed by atoms with Crippen molar-refractivity contribution in [2.75, 3.05) is 13.6 Å². The molecule has 0 fully saturated rings. The number of amides is 1. The molecular formula is C13H17NO2. The first kappa shape index (κ1) is 12.4. The number of nitrogens with zero attached hydrogens (tertiary/aromatic N) is 1. The molecule has 16 heavy (non-hydrogen) atoms. The fourth-order valence-corrected chi connectivity index (χ4v) is 1.31. The van der Waals surface area contributed by atoms with Crippen LogP contribution in [0.4, 0.5) is 0 Å². The van der Waals surface area contributed by atoms with Crippen LogP contribution >= 0.6 is 0 Å². The Labute approximate surface area is 96.1 Å². The highest BCUT2D eigenvalue weighted by Gasteiger charge is 2.08. The Kier molecular flexibility index (Phi) is 4.23. The first-order valence-corrected chi connectivity index (χ1v) is 5.32. The third-order valence-corrected chi connectivity index (χ3v) is 2.59. The Bertz CT molecular complexity index is 381. The molecule has 0 N–H and O–H groups in total. The maximum Gasteiger partial charge on any atom is 0.219 e. The minimum absolute atomic E-state index is 0.0169. The monoisotopic (exact) mass is 219 g/mol. The second kappa shape index (κ2) is 5.45. The standard InChI is InChI=1S/C13H17NO2/c1-10-4-6-12(7-5-10)13(16)8-9-14(3)11(2)15/h4-7H,8-9H2,1-3H3. The van der Waals surface area contributed by atoms with E-state index < -0.39 is 0 Å². The van der Waals surface area contributed by atoms with Crippen LogP contribution in [0.5, 0.6) is 0 Å². The maximum absolute atomic E-state index is 11.7. The highest BCUT2D eigenvalue weighted by molar-refractivity contribution is 5.96. The first-order chi connectivity index (χ1) is 7.50. The Morgan fingerprint density at radius 2 is 1.75 bits per heavy atom. The van der Waals surface area contributed by atoms with Gasteiger partial charge in [0.2, 0.25) is 5.91 Å². The first-order valence-electron chi connectivity index (χ1n) is 5.32. The van der Waals surface area contributed by atoms with Gasteiger partial charge in [-0.3, -0.25) is 9.59 Å². The van der Waals surface area contributed by atoms with Crippen LogP contribution in [0.15, 0.2) is 24.3 Å². The second-order valence-corrected chi connectivity index (χ2v) is 3.98. The molecule has 0 saturated heterocycles. The molecule has 3 heteroatoms. The number of hydrogen-bond donors (Lipinski definition) is 0. The van der Waals surface area contributed by atoms with E-state index in [1.165, 1.54) is 6.92 Å². The average Bonchev–Trinajstić information content (AvgIpc) is 2.26. The molecule has 0 heterocycles. The van der Waals surface area contributed by atoms with Gasteiger partial charge in [0.05, 0.1) is 0 Å². The summed E-state index contributed by atoms with van der Waals surface area (Å²) in [4.78, 5) is 24.2. The number of carbonyl (C=O) groups is 2. The Hall–Kier alpha value is -1.64. The van der Waals surface area contributed by atoms with Gasteiger partial charge < -0.3 is 4.90 Å². The van der Waals surface area contributed by atoms with Crippen LogP contribution in [0.25, 0.3) is 0 Å². The van der Waals surface area contributed by atoms with E-state index in [1.54, 1.807) is 11.9 Å². The summed E-state index contributed by atoms with van der Waals surface area (Å²) in [5.74, 6) is 0.0600. The molecule has 0 unspecified atom stereocenters. The second-order valence-electron chi connectivity index (χ2n) is 3.98. The number of carbonyl (C=O) groups excluding carboxylic acids is 2. The van der Waals surface area contributed by atoms with Gasteiger partial charge in [-0.05, 0) is 6.92 Å². The summed E-state index contributed by atoms with van der Waals surface area (Å²) in [6.07, 6.45) is 0.374. The Balaban J connectivity index is 2.53. The molecule has 0 bridgehead atoms. The molecule has 1 rings (SSSR count). The largest absolute Gasteiger partial charge is 0.346 e. The molecule has 3 nitrogen and oxygen atoms in total. The fourth-order valence-electron chi connectivity index (χ4n) is 1.31. The third kappa shape index (κ3) is 3.50. The molecule has 0 spiro atoms. The summed E-state index contributed by atoms with van der Waals surface area (Å²) in [5, 5.41) is 0. The smallest absolute Gasteiger partial charge is 0.219 e. The van der Waals surface area contributed by atoms with Gasteiger partial charge in [0.15, 0.2) is 5.78 Å². The van der Waals surface area contributed by atoms with Gasteiger partial charge in [0.1, 0.15) is 0 Å². The van der Waals surface area contributed by atoms with Gasteiger partial charge in [0.25, 0.3) is 0 Å². The minimum atomic E-state index is -0.0169. The number of hydrogen-bond acceptors (Lipinski definition) is 2. The van der Waals surface area contributed by atoms with E-state index in [2.05, 4.69) is 0 Å². The number of benzene rings is 1. The van der Waals surface area contributed by atoms with Crippen molar-refractivity contribution in [3.8, 4) is 0 Å². The number of rotatable bonds is 4. The minimum Gasteiger partial charge on any atom is -0.346 e. The molecule has 1 aromatic rings. The summed E-state index contributed by atoms with van der Waals surface area (Å²) in [6.45, 7) is 3.95. The van der Waals surface area contributed by atoms with Crippen LogP contribution < -0.4 is 0 Å². The molecule has 0 aliphatic heterocycles. The number of aryl methyl sites for hydroxylation is 1. The molecule has 1 amide bonds. The van der Waals surface area contributed by atoms with Crippen LogP contribution in [0.2, 0.25) is 0 Å². The van der Waals surface area contributed by atoms with E-state index >= 15 is 0 Å². The summed E-state index contributed by atoms with van der Waals surface area (Å²) in [7, 11) is 1.70. The van der Waals surface area contributed by atoms with Gasteiger partial charge in [-0.2, -0.15) is 0 Å². The van der Waals surface area contributed by atoms with Gasteiger partial charge >= 0.3 is 0 Å². The van der Waals surface area contributed by atoms with Crippen molar-refractivity contribution in [2.45, 2.75) is 20.3 Å². The van der Waals surface area contributed by atoms with Crippen molar-refractivity contribution >= 4 is 11.7 Å². The quantitative estimate of drug-likeness (QED) is 0.727. The molecule has 0 atom stereocenters. The van der Waals surface area contributed by atoms with Gasteiger partial charge in [-0.15, -0.1) is 0 Å². The van der Waals surface area contributed by atoms with E-state index in [-0.39, 0.29) is 11.7 Å². The molecule has 0 saturated carbocycles. The summed E-state index contributed by atoms with van der Waals surface area (Å²) in [5.41, 5.74) is 1.85. The number of Topliss-reactive ketones (excluding diaryl/α,β-unsaturated/α-hetero) is 1. The predicted octanol–water partition coefficient (Wildman–Crippen LogP) is 2.05. The molecular weight excluding hydrogens is 202 g/mol. The van der Waals surface area contributed by atoms with E-state index in [9.17, 15) is 9.59 Å². The third-order valence-electron chi connectivity index (χ3n) is 2.59. The number of ketones is 1. The Morgan fingerprint density at radius 3 is 2.25 bits per heavy atom. The fraction of sp³-hybridized carbons (Fsp3) is 0.385. The lowest BCUT2D eigenvalue weighted by Gasteiger charge is -2.13. The summed E-state index contributed by atoms with van der Waals surface area (Å²) >= 11 is 0. The van der Waals surface area contributed by atoms with Gasteiger partial charge in [0, 0.05) is 32.5 Å². The van der Waals surface area contributed by atoms with Crippen LogP contribution in [0.1, 0.15) is 29.3 Å². The van der Waals surface area contributed by atoms with E-state index in [0.717, 1.165) is 5.56 Å². The lowest BCUT2D eigenvalue weighted by atomic mass is 10.1. The molecule has 1 aromatic carbocycles. The van der Waals surface area contributed by atoms with Crippen LogP contribution in [0, 0.1) is 6.92 Å².